The van der Waals surface area contributed by atoms with E-state index in [1.807, 2.05) is 0 Å². The molecule has 2 heterocycles. The standard InChI is InChI=1S/C18H15ClN6O3S.C2HF3O2/c1-20-29(27,28)13-6-7-14-15(8-13)25(18(26)24-14)17-9-16(21-10-22-17)23-12-4-2-11(19)3-5-12;3-2(4,5)1(6)7/h2-10,20H,1H3,(H,24,26)(H,21,22,23);(H,6,7). The van der Waals surface area contributed by atoms with Crippen molar-refractivity contribution < 1.29 is 31.5 Å². The van der Waals surface area contributed by atoms with Crippen LogP contribution in [-0.4, -0.2) is 52.2 Å². The lowest BCUT2D eigenvalue weighted by molar-refractivity contribution is -0.192. The van der Waals surface area contributed by atoms with Crippen molar-refractivity contribution in [1.82, 2.24) is 24.2 Å². The molecule has 0 aliphatic rings. The summed E-state index contributed by atoms with van der Waals surface area (Å²) in [4.78, 5) is 32.5. The minimum atomic E-state index is -5.08. The summed E-state index contributed by atoms with van der Waals surface area (Å²) in [5, 5.41) is 10.8. The van der Waals surface area contributed by atoms with Gasteiger partial charge < -0.3 is 15.4 Å². The number of aromatic amines is 1. The van der Waals surface area contributed by atoms with Gasteiger partial charge in [0.25, 0.3) is 0 Å². The Balaban J connectivity index is 0.000000454. The second-order valence-electron chi connectivity index (χ2n) is 6.85. The molecule has 0 atom stereocenters. The van der Waals surface area contributed by atoms with Crippen LogP contribution in [0.4, 0.5) is 24.7 Å². The van der Waals surface area contributed by atoms with E-state index in [-0.39, 0.29) is 10.7 Å². The average Bonchev–Trinajstić information content (AvgIpc) is 3.15. The van der Waals surface area contributed by atoms with E-state index in [1.54, 1.807) is 30.3 Å². The second-order valence-corrected chi connectivity index (χ2v) is 9.17. The van der Waals surface area contributed by atoms with Crippen molar-refractivity contribution in [3.05, 3.63) is 70.4 Å². The quantitative estimate of drug-likeness (QED) is 0.298. The Bertz CT molecular complexity index is 1570. The summed E-state index contributed by atoms with van der Waals surface area (Å²) >= 11 is 5.89. The fourth-order valence-electron chi connectivity index (χ4n) is 2.81. The minimum Gasteiger partial charge on any atom is -0.475 e. The first-order valence-electron chi connectivity index (χ1n) is 9.65. The maximum absolute atomic E-state index is 12.5. The molecular formula is C20H16ClF3N6O5S. The Labute approximate surface area is 205 Å². The third-order valence-corrected chi connectivity index (χ3v) is 6.14. The average molecular weight is 545 g/mol. The van der Waals surface area contributed by atoms with Gasteiger partial charge in [0.05, 0.1) is 15.9 Å². The van der Waals surface area contributed by atoms with Crippen molar-refractivity contribution in [3.63, 3.8) is 0 Å². The van der Waals surface area contributed by atoms with Gasteiger partial charge in [0.15, 0.2) is 0 Å². The first-order valence-corrected chi connectivity index (χ1v) is 11.5. The van der Waals surface area contributed by atoms with E-state index in [2.05, 4.69) is 25.0 Å². The highest BCUT2D eigenvalue weighted by Crippen LogP contribution is 2.22. The lowest BCUT2D eigenvalue weighted by Gasteiger charge is -2.08. The largest absolute Gasteiger partial charge is 0.490 e. The number of halogens is 4. The number of aliphatic carboxylic acids is 1. The monoisotopic (exact) mass is 544 g/mol. The molecule has 0 amide bonds. The molecule has 0 radical (unpaired) electrons. The highest BCUT2D eigenvalue weighted by Gasteiger charge is 2.38. The number of alkyl halides is 3. The topological polar surface area (TPSA) is 159 Å². The third kappa shape index (κ3) is 6.18. The summed E-state index contributed by atoms with van der Waals surface area (Å²) in [6, 6.07) is 13.0. The molecule has 4 aromatic rings. The molecule has 2 aromatic heterocycles. The number of carboxylic acids is 1. The number of carboxylic acid groups (broad SMARTS) is 1. The van der Waals surface area contributed by atoms with Gasteiger partial charge in [0.1, 0.15) is 18.0 Å². The summed E-state index contributed by atoms with van der Waals surface area (Å²) in [5.74, 6) is -2.02. The van der Waals surface area contributed by atoms with Crippen molar-refractivity contribution in [2.75, 3.05) is 12.4 Å². The summed E-state index contributed by atoms with van der Waals surface area (Å²) < 4.78 is 59.5. The number of fused-ring (bicyclic) bond motifs is 1. The number of hydrogen-bond donors (Lipinski definition) is 4. The molecular weight excluding hydrogens is 529 g/mol. The third-order valence-electron chi connectivity index (χ3n) is 4.47. The molecule has 0 spiro atoms. The molecule has 36 heavy (non-hydrogen) atoms. The van der Waals surface area contributed by atoms with Crippen molar-refractivity contribution in [1.29, 1.82) is 0 Å². The van der Waals surface area contributed by atoms with Crippen LogP contribution in [0.5, 0.6) is 0 Å². The van der Waals surface area contributed by atoms with Crippen LogP contribution in [-0.2, 0) is 14.8 Å². The molecule has 0 unspecified atom stereocenters. The van der Waals surface area contributed by atoms with Crippen LogP contribution < -0.4 is 15.7 Å². The molecule has 16 heteroatoms. The summed E-state index contributed by atoms with van der Waals surface area (Å²) in [7, 11) is -2.34. The number of rotatable bonds is 5. The van der Waals surface area contributed by atoms with Crippen LogP contribution in [0.1, 0.15) is 0 Å². The highest BCUT2D eigenvalue weighted by atomic mass is 35.5. The van der Waals surface area contributed by atoms with Crippen molar-refractivity contribution in [3.8, 4) is 5.82 Å². The van der Waals surface area contributed by atoms with E-state index in [0.717, 1.165) is 5.69 Å². The van der Waals surface area contributed by atoms with Crippen LogP contribution in [0.15, 0.2) is 64.5 Å². The van der Waals surface area contributed by atoms with Crippen LogP contribution in [0.2, 0.25) is 5.02 Å². The van der Waals surface area contributed by atoms with Gasteiger partial charge in [0.2, 0.25) is 10.0 Å². The number of aromatic nitrogens is 4. The van der Waals surface area contributed by atoms with E-state index >= 15 is 0 Å². The van der Waals surface area contributed by atoms with E-state index < -0.39 is 27.9 Å². The molecule has 0 aliphatic carbocycles. The zero-order valence-electron chi connectivity index (χ0n) is 18.0. The zero-order chi connectivity index (χ0) is 26.7. The number of anilines is 2. The predicted molar refractivity (Wildman–Crippen MR) is 124 cm³/mol. The summed E-state index contributed by atoms with van der Waals surface area (Å²) in [6.45, 7) is 0. The predicted octanol–water partition coefficient (Wildman–Crippen LogP) is 3.05. The number of imidazole rings is 1. The first-order chi connectivity index (χ1) is 16.8. The normalized spacial score (nSPS) is 11.6. The zero-order valence-corrected chi connectivity index (χ0v) is 19.6. The number of benzene rings is 2. The summed E-state index contributed by atoms with van der Waals surface area (Å²) in [5.41, 5.74) is 1.17. The summed E-state index contributed by atoms with van der Waals surface area (Å²) in [6.07, 6.45) is -3.77. The van der Waals surface area contributed by atoms with Crippen molar-refractivity contribution in [2.45, 2.75) is 11.1 Å². The minimum absolute atomic E-state index is 0.0359. The Morgan fingerprint density at radius 3 is 2.33 bits per heavy atom. The lowest BCUT2D eigenvalue weighted by Crippen LogP contribution is -2.21. The van der Waals surface area contributed by atoms with Gasteiger partial charge in [-0.3, -0.25) is 0 Å². The smallest absolute Gasteiger partial charge is 0.475 e. The van der Waals surface area contributed by atoms with Crippen LogP contribution in [0.25, 0.3) is 16.9 Å². The Hall–Kier alpha value is -3.95. The molecule has 0 saturated heterocycles. The van der Waals surface area contributed by atoms with Gasteiger partial charge in [-0.15, -0.1) is 0 Å². The molecule has 0 saturated carbocycles. The van der Waals surface area contributed by atoms with E-state index in [4.69, 9.17) is 21.5 Å². The number of nitrogens with one attached hydrogen (secondary N) is 3. The molecule has 190 valence electrons. The van der Waals surface area contributed by atoms with Crippen LogP contribution in [0.3, 0.4) is 0 Å². The van der Waals surface area contributed by atoms with Crippen LogP contribution >= 0.6 is 11.6 Å². The van der Waals surface area contributed by atoms with Gasteiger partial charge in [-0.1, -0.05) is 11.6 Å². The van der Waals surface area contributed by atoms with E-state index in [9.17, 15) is 26.4 Å². The van der Waals surface area contributed by atoms with Gasteiger partial charge in [-0.2, -0.15) is 13.2 Å². The Morgan fingerprint density at radius 2 is 1.75 bits per heavy atom. The molecule has 4 N–H and O–H groups in total. The fourth-order valence-corrected chi connectivity index (χ4v) is 3.69. The maximum Gasteiger partial charge on any atom is 0.490 e. The number of H-pyrrole nitrogens is 1. The number of sulfonamides is 1. The van der Waals surface area contributed by atoms with Crippen molar-refractivity contribution >= 4 is 50.1 Å². The second kappa shape index (κ2) is 10.3. The molecule has 0 fully saturated rings. The van der Waals surface area contributed by atoms with Crippen molar-refractivity contribution in [2.24, 2.45) is 0 Å². The molecule has 4 rings (SSSR count). The van der Waals surface area contributed by atoms with Gasteiger partial charge >= 0.3 is 17.8 Å². The van der Waals surface area contributed by atoms with Gasteiger partial charge in [-0.25, -0.2) is 37.3 Å². The molecule has 0 aliphatic heterocycles. The Kier molecular flexibility index (Phi) is 7.66. The van der Waals surface area contributed by atoms with Gasteiger partial charge in [-0.05, 0) is 49.5 Å². The van der Waals surface area contributed by atoms with Crippen LogP contribution in [0, 0.1) is 0 Å². The fraction of sp³-hybridized carbons (Fsp3) is 0.100. The number of hydrogen-bond acceptors (Lipinski definition) is 7. The van der Waals surface area contributed by atoms with Gasteiger partial charge in [0, 0.05) is 16.8 Å². The maximum atomic E-state index is 12.5. The van der Waals surface area contributed by atoms with E-state index in [1.165, 1.54) is 36.1 Å². The molecule has 11 nitrogen and oxygen atoms in total. The molecule has 2 aromatic carbocycles. The Morgan fingerprint density at radius 1 is 1.11 bits per heavy atom. The first kappa shape index (κ1) is 26.7. The molecule has 0 bridgehead atoms. The number of carbonyl (C=O) groups is 1. The highest BCUT2D eigenvalue weighted by molar-refractivity contribution is 7.89. The lowest BCUT2D eigenvalue weighted by atomic mass is 10.3. The van der Waals surface area contributed by atoms with E-state index in [0.29, 0.717) is 21.9 Å². The SMILES string of the molecule is CNS(=O)(=O)c1ccc2[nH]c(=O)n(-c3cc(Nc4ccc(Cl)cc4)ncn3)c2c1.O=C(O)C(F)(F)F. The number of nitrogens with zero attached hydrogens (tertiary/aromatic N) is 3.